The fourth-order valence-electron chi connectivity index (χ4n) is 4.32. The lowest BCUT2D eigenvalue weighted by molar-refractivity contribution is 0.101. The second kappa shape index (κ2) is 8.64. The van der Waals surface area contributed by atoms with Crippen molar-refractivity contribution in [1.82, 2.24) is 19.8 Å². The number of amides is 3. The molecule has 1 fully saturated rings. The van der Waals surface area contributed by atoms with Gasteiger partial charge in [-0.3, -0.25) is 9.78 Å². The number of nitrogens with one attached hydrogen (secondary N) is 2. The van der Waals surface area contributed by atoms with Crippen LogP contribution in [-0.2, 0) is 0 Å². The molecule has 0 atom stereocenters. The van der Waals surface area contributed by atoms with Gasteiger partial charge in [-0.2, -0.15) is 0 Å². The third kappa shape index (κ3) is 4.31. The molecule has 2 N–H and O–H groups in total. The first-order chi connectivity index (χ1) is 15.0. The Hall–Kier alpha value is -3.60. The zero-order chi connectivity index (χ0) is 22.0. The molecule has 1 aromatic carbocycles. The lowest BCUT2D eigenvalue weighted by Crippen LogP contribution is -2.48. The first-order valence-corrected chi connectivity index (χ1v) is 10.5. The fourth-order valence-corrected chi connectivity index (χ4v) is 4.32. The number of anilines is 1. The van der Waals surface area contributed by atoms with Crippen molar-refractivity contribution in [2.45, 2.75) is 31.6 Å². The second-order valence-corrected chi connectivity index (χ2v) is 8.20. The Bertz CT molecular complexity index is 1070. The zero-order valence-corrected chi connectivity index (χ0v) is 17.8. The van der Waals surface area contributed by atoms with Gasteiger partial charge in [0.1, 0.15) is 0 Å². The van der Waals surface area contributed by atoms with Crippen LogP contribution in [0.1, 0.15) is 53.3 Å². The quantitative estimate of drug-likeness (QED) is 0.728. The average Bonchev–Trinajstić information content (AvgIpc) is 3.27. The zero-order valence-electron chi connectivity index (χ0n) is 17.8. The number of aromatic amines is 1. The highest BCUT2D eigenvalue weighted by molar-refractivity contribution is 6.03. The molecule has 1 aliphatic carbocycles. The van der Waals surface area contributed by atoms with Gasteiger partial charge in [-0.05, 0) is 49.0 Å². The highest BCUT2D eigenvalue weighted by Gasteiger charge is 2.29. The van der Waals surface area contributed by atoms with Crippen LogP contribution in [0.3, 0.4) is 0 Å². The summed E-state index contributed by atoms with van der Waals surface area (Å²) in [5.74, 6) is 0.179. The van der Waals surface area contributed by atoms with E-state index >= 15 is 0 Å². The predicted molar refractivity (Wildman–Crippen MR) is 119 cm³/mol. The molecule has 31 heavy (non-hydrogen) atoms. The van der Waals surface area contributed by atoms with Crippen molar-refractivity contribution in [2.75, 3.05) is 32.5 Å². The Kier molecular flexibility index (Phi) is 5.76. The van der Waals surface area contributed by atoms with E-state index in [0.29, 0.717) is 13.1 Å². The summed E-state index contributed by atoms with van der Waals surface area (Å²) in [4.78, 5) is 38.3. The second-order valence-electron chi connectivity index (χ2n) is 8.20. The van der Waals surface area contributed by atoms with Crippen molar-refractivity contribution in [1.29, 1.82) is 0 Å². The summed E-state index contributed by atoms with van der Waals surface area (Å²) < 4.78 is 0. The van der Waals surface area contributed by atoms with E-state index in [1.807, 2.05) is 26.2 Å². The molecule has 2 aliphatic rings. The van der Waals surface area contributed by atoms with Gasteiger partial charge in [0.15, 0.2) is 0 Å². The number of likely N-dealkylation sites (N-methyl/N-ethyl adjacent to an activating group) is 2. The maximum Gasteiger partial charge on any atom is 0.319 e. The lowest BCUT2D eigenvalue weighted by Gasteiger charge is -2.36. The van der Waals surface area contributed by atoms with Gasteiger partial charge in [-0.1, -0.05) is 18.7 Å². The summed E-state index contributed by atoms with van der Waals surface area (Å²) in [7, 11) is 3.65. The molecule has 160 valence electrons. The highest BCUT2D eigenvalue weighted by atomic mass is 16.2. The summed E-state index contributed by atoms with van der Waals surface area (Å²) in [5, 5.41) is 2.96. The summed E-state index contributed by atoms with van der Waals surface area (Å²) in [6.07, 6.45) is 7.91. The number of H-pyrrole nitrogens is 1. The fraction of sp³-hybridized carbons (Fsp3) is 0.391. The number of imidazole rings is 1. The molecular formula is C23H26N6O2. The maximum absolute atomic E-state index is 12.7. The molecule has 0 unspecified atom stereocenters. The van der Waals surface area contributed by atoms with Crippen molar-refractivity contribution in [2.24, 2.45) is 0 Å². The molecule has 1 aliphatic heterocycles. The number of nitrogens with zero attached hydrogens (tertiary/aromatic N) is 4. The van der Waals surface area contributed by atoms with E-state index in [2.05, 4.69) is 32.3 Å². The lowest BCUT2D eigenvalue weighted by atomic mass is 9.88. The minimum absolute atomic E-state index is 0.0348. The highest BCUT2D eigenvalue weighted by Crippen LogP contribution is 2.35. The molecule has 2 aromatic rings. The van der Waals surface area contributed by atoms with Crippen LogP contribution in [0.5, 0.6) is 0 Å². The van der Waals surface area contributed by atoms with Gasteiger partial charge in [-0.25, -0.2) is 9.78 Å². The van der Waals surface area contributed by atoms with E-state index in [1.54, 1.807) is 9.80 Å². The predicted octanol–water partition coefficient (Wildman–Crippen LogP) is 4.25. The van der Waals surface area contributed by atoms with E-state index in [-0.39, 0.29) is 29.5 Å². The number of aromatic nitrogens is 2. The number of hydrogen-bond acceptors (Lipinski definition) is 3. The van der Waals surface area contributed by atoms with E-state index in [0.717, 1.165) is 36.1 Å². The molecule has 2 heterocycles. The van der Waals surface area contributed by atoms with Crippen LogP contribution >= 0.6 is 0 Å². The van der Waals surface area contributed by atoms with Crippen LogP contribution < -0.4 is 5.32 Å². The molecule has 3 amide bonds. The normalized spacial score (nSPS) is 17.3. The smallest absolute Gasteiger partial charge is 0.319 e. The molecule has 1 saturated heterocycles. The minimum Gasteiger partial charge on any atom is -0.363 e. The van der Waals surface area contributed by atoms with E-state index in [4.69, 9.17) is 6.57 Å². The molecule has 8 nitrogen and oxygen atoms in total. The Morgan fingerprint density at radius 1 is 1.26 bits per heavy atom. The summed E-state index contributed by atoms with van der Waals surface area (Å²) in [6.45, 7) is 8.37. The molecule has 0 bridgehead atoms. The van der Waals surface area contributed by atoms with Crippen LogP contribution in [-0.4, -0.2) is 58.9 Å². The topological polar surface area (TPSA) is 85.7 Å². The number of hydrogen-bond donors (Lipinski definition) is 2. The van der Waals surface area contributed by atoms with Gasteiger partial charge in [0.2, 0.25) is 5.82 Å². The third-order valence-corrected chi connectivity index (χ3v) is 5.94. The Labute approximate surface area is 181 Å². The molecule has 0 spiro atoms. The van der Waals surface area contributed by atoms with Gasteiger partial charge in [0.05, 0.1) is 6.20 Å². The first-order valence-electron chi connectivity index (χ1n) is 10.5. The third-order valence-electron chi connectivity index (χ3n) is 5.94. The van der Waals surface area contributed by atoms with Crippen molar-refractivity contribution < 1.29 is 9.59 Å². The van der Waals surface area contributed by atoms with E-state index < -0.39 is 0 Å². The Morgan fingerprint density at radius 3 is 2.68 bits per heavy atom. The number of rotatable bonds is 4. The summed E-state index contributed by atoms with van der Waals surface area (Å²) >= 11 is 0. The van der Waals surface area contributed by atoms with Crippen LogP contribution in [0, 0.1) is 6.57 Å². The van der Waals surface area contributed by atoms with E-state index in [1.165, 1.54) is 18.2 Å². The number of urea groups is 1. The Balaban J connectivity index is 1.65. The van der Waals surface area contributed by atoms with Gasteiger partial charge in [-0.15, -0.1) is 0 Å². The van der Waals surface area contributed by atoms with Gasteiger partial charge in [0, 0.05) is 44.4 Å². The maximum atomic E-state index is 12.7. The summed E-state index contributed by atoms with van der Waals surface area (Å²) in [6, 6.07) is 6.15. The van der Waals surface area contributed by atoms with Gasteiger partial charge >= 0.3 is 11.9 Å². The molecule has 1 aromatic heterocycles. The van der Waals surface area contributed by atoms with Crippen LogP contribution in [0.25, 0.3) is 10.4 Å². The number of carbonyl (C=O) groups is 2. The monoisotopic (exact) mass is 418 g/mol. The minimum atomic E-state index is -0.372. The number of benzene rings is 1. The Morgan fingerprint density at radius 2 is 2.03 bits per heavy atom. The van der Waals surface area contributed by atoms with Crippen molar-refractivity contribution >= 4 is 29.0 Å². The SMILES string of the molecule is [C-]#[N+]c1cnc(C(=O)Nc2ccc(C3CN(C)C(=O)N(C)C3)cc2C2=CCCCC2)[nH]1. The molecule has 4 rings (SSSR count). The molecule has 0 saturated carbocycles. The molecular weight excluding hydrogens is 392 g/mol. The van der Waals surface area contributed by atoms with Crippen LogP contribution in [0.4, 0.5) is 16.3 Å². The van der Waals surface area contributed by atoms with Crippen LogP contribution in [0.15, 0.2) is 30.5 Å². The van der Waals surface area contributed by atoms with Crippen LogP contribution in [0.2, 0.25) is 0 Å². The van der Waals surface area contributed by atoms with Crippen molar-refractivity contribution in [3.63, 3.8) is 0 Å². The average molecular weight is 419 g/mol. The molecule has 8 heteroatoms. The van der Waals surface area contributed by atoms with E-state index in [9.17, 15) is 9.59 Å². The number of carbonyl (C=O) groups excluding carboxylic acids is 2. The summed E-state index contributed by atoms with van der Waals surface area (Å²) in [5.41, 5.74) is 4.14. The van der Waals surface area contributed by atoms with Gasteiger partial charge < -0.3 is 20.0 Å². The number of allylic oxidation sites excluding steroid dienone is 2. The van der Waals surface area contributed by atoms with Crippen molar-refractivity contribution in [3.8, 4) is 0 Å². The standard InChI is InChI=1S/C23H26N6O2/c1-24-20-12-25-21(27-20)22(30)26-19-10-9-16(11-18(19)15-7-5-4-6-8-15)17-13-28(2)23(31)29(3)14-17/h7,9-12,17H,4-6,8,13-14H2,2-3H3,(H,25,27)(H,26,30). The largest absolute Gasteiger partial charge is 0.363 e. The molecule has 0 radical (unpaired) electrons. The first kappa shape index (κ1) is 20.7. The van der Waals surface area contributed by atoms with Crippen molar-refractivity contribution in [3.05, 3.63) is 58.8 Å². The van der Waals surface area contributed by atoms with Gasteiger partial charge in [0.25, 0.3) is 5.82 Å².